The average Bonchev–Trinajstić information content (AvgIpc) is 2.90. The van der Waals surface area contributed by atoms with Crippen LogP contribution >= 0.6 is 0 Å². The largest absolute Gasteiger partial charge is 0.384 e. The molecule has 18 heavy (non-hydrogen) atoms. The zero-order valence-electron chi connectivity index (χ0n) is 12.0. The second-order valence-electron chi connectivity index (χ2n) is 6.03. The van der Waals surface area contributed by atoms with Crippen LogP contribution < -0.4 is 5.32 Å². The molecule has 0 spiro atoms. The van der Waals surface area contributed by atoms with Crippen LogP contribution in [-0.4, -0.2) is 50.8 Å². The van der Waals surface area contributed by atoms with Gasteiger partial charge in [-0.1, -0.05) is 12.8 Å². The smallest absolute Gasteiger partial charge is 0.0491 e. The van der Waals surface area contributed by atoms with Gasteiger partial charge in [-0.2, -0.15) is 0 Å². The Morgan fingerprint density at radius 2 is 1.83 bits per heavy atom. The number of nitrogens with zero attached hydrogens (tertiary/aromatic N) is 1. The Morgan fingerprint density at radius 3 is 2.50 bits per heavy atom. The van der Waals surface area contributed by atoms with E-state index in [1.54, 1.807) is 0 Å². The summed E-state index contributed by atoms with van der Waals surface area (Å²) in [6.45, 7) is 5.99. The summed E-state index contributed by atoms with van der Waals surface area (Å²) in [6, 6.07) is 0.831. The van der Waals surface area contributed by atoms with Crippen molar-refractivity contribution in [3.05, 3.63) is 0 Å². The van der Waals surface area contributed by atoms with Crippen LogP contribution in [-0.2, 0) is 4.74 Å². The van der Waals surface area contributed by atoms with Crippen LogP contribution in [0.2, 0.25) is 0 Å². The third kappa shape index (κ3) is 4.87. The molecule has 1 saturated carbocycles. The highest BCUT2D eigenvalue weighted by Crippen LogP contribution is 2.18. The summed E-state index contributed by atoms with van der Waals surface area (Å²) in [5.74, 6) is 0.808. The Kier molecular flexibility index (Phi) is 6.46. The van der Waals surface area contributed by atoms with Gasteiger partial charge in [0.05, 0.1) is 0 Å². The fourth-order valence-electron chi connectivity index (χ4n) is 3.35. The van der Waals surface area contributed by atoms with Crippen LogP contribution in [0.1, 0.15) is 44.9 Å². The number of nitrogens with one attached hydrogen (secondary N) is 1. The van der Waals surface area contributed by atoms with E-state index < -0.39 is 0 Å². The van der Waals surface area contributed by atoms with Crippen molar-refractivity contribution in [1.82, 2.24) is 10.2 Å². The van der Waals surface area contributed by atoms with Crippen molar-refractivity contribution < 1.29 is 4.74 Å². The van der Waals surface area contributed by atoms with Crippen LogP contribution in [0.15, 0.2) is 0 Å². The zero-order chi connectivity index (χ0) is 12.6. The van der Waals surface area contributed by atoms with E-state index >= 15 is 0 Å². The highest BCUT2D eigenvalue weighted by molar-refractivity contribution is 4.75. The molecule has 2 rings (SSSR count). The maximum Gasteiger partial charge on any atom is 0.0491 e. The lowest BCUT2D eigenvalue weighted by atomic mass is 9.98. The molecule has 0 unspecified atom stereocenters. The van der Waals surface area contributed by atoms with Gasteiger partial charge in [0.25, 0.3) is 0 Å². The van der Waals surface area contributed by atoms with Gasteiger partial charge in [-0.15, -0.1) is 0 Å². The number of ether oxygens (including phenoxy) is 1. The van der Waals surface area contributed by atoms with E-state index in [1.807, 2.05) is 7.11 Å². The summed E-state index contributed by atoms with van der Waals surface area (Å²) in [5.41, 5.74) is 0. The molecule has 106 valence electrons. The molecular weight excluding hydrogens is 224 g/mol. The van der Waals surface area contributed by atoms with E-state index in [9.17, 15) is 0 Å². The maximum absolute atomic E-state index is 5.24. The molecule has 0 radical (unpaired) electrons. The second-order valence-corrected chi connectivity index (χ2v) is 6.03. The minimum absolute atomic E-state index is 0.808. The van der Waals surface area contributed by atoms with Gasteiger partial charge in [0.1, 0.15) is 0 Å². The molecule has 0 bridgehead atoms. The third-order valence-electron chi connectivity index (χ3n) is 4.55. The lowest BCUT2D eigenvalue weighted by Crippen LogP contribution is -2.37. The summed E-state index contributed by atoms with van der Waals surface area (Å²) >= 11 is 0. The van der Waals surface area contributed by atoms with Crippen LogP contribution in [0, 0.1) is 5.92 Å². The SMILES string of the molecule is COCC1CCN(CCCNC2CCCC2)CC1. The monoisotopic (exact) mass is 254 g/mol. The molecule has 3 nitrogen and oxygen atoms in total. The van der Waals surface area contributed by atoms with Crippen molar-refractivity contribution in [2.24, 2.45) is 5.92 Å². The first kappa shape index (κ1) is 14.3. The molecule has 3 heteroatoms. The summed E-state index contributed by atoms with van der Waals surface area (Å²) in [5, 5.41) is 3.70. The lowest BCUT2D eigenvalue weighted by molar-refractivity contribution is 0.0990. The first-order valence-electron chi connectivity index (χ1n) is 7.83. The van der Waals surface area contributed by atoms with Gasteiger partial charge in [-0.05, 0) is 64.2 Å². The number of hydrogen-bond donors (Lipinski definition) is 1. The predicted octanol–water partition coefficient (Wildman–Crippen LogP) is 2.27. The highest BCUT2D eigenvalue weighted by atomic mass is 16.5. The third-order valence-corrected chi connectivity index (χ3v) is 4.55. The average molecular weight is 254 g/mol. The quantitative estimate of drug-likeness (QED) is 0.705. The molecule has 0 amide bonds. The van der Waals surface area contributed by atoms with Gasteiger partial charge in [-0.3, -0.25) is 0 Å². The lowest BCUT2D eigenvalue weighted by Gasteiger charge is -2.31. The van der Waals surface area contributed by atoms with Crippen molar-refractivity contribution in [3.8, 4) is 0 Å². The molecule has 1 saturated heterocycles. The summed E-state index contributed by atoms with van der Waals surface area (Å²) in [6.07, 6.45) is 9.64. The van der Waals surface area contributed by atoms with Crippen molar-refractivity contribution in [2.75, 3.05) is 39.9 Å². The number of hydrogen-bond acceptors (Lipinski definition) is 3. The summed E-state index contributed by atoms with van der Waals surface area (Å²) in [7, 11) is 1.82. The van der Waals surface area contributed by atoms with Gasteiger partial charge in [0.2, 0.25) is 0 Å². The van der Waals surface area contributed by atoms with E-state index in [0.29, 0.717) is 0 Å². The molecule has 2 fully saturated rings. The van der Waals surface area contributed by atoms with Crippen molar-refractivity contribution >= 4 is 0 Å². The predicted molar refractivity (Wildman–Crippen MR) is 75.9 cm³/mol. The minimum Gasteiger partial charge on any atom is -0.384 e. The maximum atomic E-state index is 5.24. The molecule has 1 aliphatic heterocycles. The molecule has 0 atom stereocenters. The molecular formula is C15H30N2O. The van der Waals surface area contributed by atoms with Crippen LogP contribution in [0.25, 0.3) is 0 Å². The van der Waals surface area contributed by atoms with Crippen molar-refractivity contribution in [2.45, 2.75) is 51.0 Å². The standard InChI is InChI=1S/C15H30N2O/c1-18-13-14-7-11-17(12-8-14)10-4-9-16-15-5-2-3-6-15/h14-16H,2-13H2,1H3. The Labute approximate surface area is 112 Å². The van der Waals surface area contributed by atoms with Gasteiger partial charge in [-0.25, -0.2) is 0 Å². The van der Waals surface area contributed by atoms with Crippen LogP contribution in [0.4, 0.5) is 0 Å². The number of rotatable bonds is 7. The molecule has 2 aliphatic rings. The zero-order valence-corrected chi connectivity index (χ0v) is 12.0. The van der Waals surface area contributed by atoms with Crippen LogP contribution in [0.3, 0.4) is 0 Å². The highest BCUT2D eigenvalue weighted by Gasteiger charge is 2.18. The number of methoxy groups -OCH3 is 1. The van der Waals surface area contributed by atoms with E-state index in [0.717, 1.165) is 18.6 Å². The van der Waals surface area contributed by atoms with Gasteiger partial charge >= 0.3 is 0 Å². The first-order chi connectivity index (χ1) is 8.88. The second kappa shape index (κ2) is 8.13. The topological polar surface area (TPSA) is 24.5 Å². The molecule has 1 aliphatic carbocycles. The number of likely N-dealkylation sites (tertiary alicyclic amines) is 1. The van der Waals surface area contributed by atoms with Gasteiger partial charge < -0.3 is 15.0 Å². The number of piperidine rings is 1. The molecule has 0 aromatic heterocycles. The molecule has 0 aromatic carbocycles. The first-order valence-corrected chi connectivity index (χ1v) is 7.83. The Morgan fingerprint density at radius 1 is 1.11 bits per heavy atom. The van der Waals surface area contributed by atoms with Gasteiger partial charge in [0, 0.05) is 19.8 Å². The minimum atomic E-state index is 0.808. The Balaban J connectivity index is 1.47. The van der Waals surface area contributed by atoms with Crippen molar-refractivity contribution in [3.63, 3.8) is 0 Å². The normalized spacial score (nSPS) is 23.8. The molecule has 0 aromatic rings. The Bertz CT molecular complexity index is 209. The van der Waals surface area contributed by atoms with Crippen LogP contribution in [0.5, 0.6) is 0 Å². The fourth-order valence-corrected chi connectivity index (χ4v) is 3.35. The Hall–Kier alpha value is -0.120. The van der Waals surface area contributed by atoms with Gasteiger partial charge in [0.15, 0.2) is 0 Å². The van der Waals surface area contributed by atoms with E-state index in [4.69, 9.17) is 4.74 Å². The van der Waals surface area contributed by atoms with E-state index in [1.165, 1.54) is 71.1 Å². The summed E-state index contributed by atoms with van der Waals surface area (Å²) < 4.78 is 5.24. The van der Waals surface area contributed by atoms with E-state index in [2.05, 4.69) is 10.2 Å². The van der Waals surface area contributed by atoms with E-state index in [-0.39, 0.29) is 0 Å². The molecule has 1 heterocycles. The fraction of sp³-hybridized carbons (Fsp3) is 1.00. The molecule has 1 N–H and O–H groups in total. The van der Waals surface area contributed by atoms with Crippen molar-refractivity contribution in [1.29, 1.82) is 0 Å². The summed E-state index contributed by atoms with van der Waals surface area (Å²) in [4.78, 5) is 2.63.